The van der Waals surface area contributed by atoms with Crippen molar-refractivity contribution in [1.82, 2.24) is 5.32 Å². The third-order valence-corrected chi connectivity index (χ3v) is 2.92. The molecule has 18 heavy (non-hydrogen) atoms. The van der Waals surface area contributed by atoms with Crippen molar-refractivity contribution in [3.63, 3.8) is 0 Å². The second-order valence-corrected chi connectivity index (χ2v) is 4.67. The summed E-state index contributed by atoms with van der Waals surface area (Å²) in [6.45, 7) is 7.25. The largest absolute Gasteiger partial charge is 0.480 e. The molecule has 0 aliphatic carbocycles. The molecule has 0 fully saturated rings. The minimum Gasteiger partial charge on any atom is -0.480 e. The van der Waals surface area contributed by atoms with Gasteiger partial charge in [0.25, 0.3) is 0 Å². The molecule has 1 rings (SSSR count). The van der Waals surface area contributed by atoms with Crippen molar-refractivity contribution in [3.8, 4) is 0 Å². The molecule has 1 aromatic rings. The van der Waals surface area contributed by atoms with Gasteiger partial charge in [-0.15, -0.1) is 0 Å². The summed E-state index contributed by atoms with van der Waals surface area (Å²) in [4.78, 5) is 22.1. The van der Waals surface area contributed by atoms with Crippen LogP contribution in [0.4, 0.5) is 0 Å². The zero-order valence-electron chi connectivity index (χ0n) is 11.2. The van der Waals surface area contributed by atoms with Gasteiger partial charge in [-0.05, 0) is 37.5 Å². The van der Waals surface area contributed by atoms with Crippen molar-refractivity contribution in [3.05, 3.63) is 34.4 Å². The summed E-state index contributed by atoms with van der Waals surface area (Å²) in [5, 5.41) is 11.6. The lowest BCUT2D eigenvalue weighted by Gasteiger charge is -2.17. The molecule has 0 saturated heterocycles. The predicted molar refractivity (Wildman–Crippen MR) is 69.6 cm³/mol. The van der Waals surface area contributed by atoms with Crippen LogP contribution in [-0.2, 0) is 16.0 Å². The Bertz CT molecular complexity index is 457. The van der Waals surface area contributed by atoms with Crippen LogP contribution in [0, 0.1) is 20.8 Å². The van der Waals surface area contributed by atoms with E-state index in [0.29, 0.717) is 6.42 Å². The maximum atomic E-state index is 11.1. The number of hydrogen-bond acceptors (Lipinski definition) is 2. The second kappa shape index (κ2) is 5.67. The van der Waals surface area contributed by atoms with Crippen molar-refractivity contribution in [2.24, 2.45) is 0 Å². The number of hydrogen-bond donors (Lipinski definition) is 2. The van der Waals surface area contributed by atoms with E-state index in [2.05, 4.69) is 5.32 Å². The minimum absolute atomic E-state index is 0.312. The maximum Gasteiger partial charge on any atom is 0.326 e. The second-order valence-electron chi connectivity index (χ2n) is 4.67. The third kappa shape index (κ3) is 3.58. The van der Waals surface area contributed by atoms with Crippen molar-refractivity contribution in [1.29, 1.82) is 0 Å². The number of amides is 1. The molecule has 1 aromatic carbocycles. The van der Waals surface area contributed by atoms with Crippen LogP contribution in [-0.4, -0.2) is 23.0 Å². The molecule has 0 heterocycles. The number of carboxylic acids is 1. The van der Waals surface area contributed by atoms with E-state index in [1.165, 1.54) is 6.92 Å². The Hall–Kier alpha value is -1.84. The number of carbonyl (C=O) groups excluding carboxylic acids is 1. The topological polar surface area (TPSA) is 66.4 Å². The molecule has 0 aliphatic rings. The van der Waals surface area contributed by atoms with E-state index in [0.717, 1.165) is 22.3 Å². The zero-order valence-corrected chi connectivity index (χ0v) is 11.2. The number of aryl methyl sites for hydroxylation is 3. The van der Waals surface area contributed by atoms with E-state index in [1.54, 1.807) is 0 Å². The van der Waals surface area contributed by atoms with Gasteiger partial charge in [0.1, 0.15) is 6.04 Å². The first kappa shape index (κ1) is 14.2. The van der Waals surface area contributed by atoms with Crippen LogP contribution in [0.25, 0.3) is 0 Å². The first-order valence-corrected chi connectivity index (χ1v) is 5.88. The molecule has 0 unspecified atom stereocenters. The fourth-order valence-electron chi connectivity index (χ4n) is 2.18. The molecule has 1 amide bonds. The smallest absolute Gasteiger partial charge is 0.326 e. The van der Waals surface area contributed by atoms with Crippen LogP contribution < -0.4 is 5.32 Å². The summed E-state index contributed by atoms with van der Waals surface area (Å²) in [5.74, 6) is -1.34. The predicted octanol–water partition coefficient (Wildman–Crippen LogP) is 1.74. The molecule has 0 aliphatic heterocycles. The number of rotatable bonds is 4. The summed E-state index contributed by atoms with van der Waals surface area (Å²) in [7, 11) is 0. The quantitative estimate of drug-likeness (QED) is 0.854. The number of carbonyl (C=O) groups is 2. The van der Waals surface area contributed by atoms with Crippen LogP contribution in [0.2, 0.25) is 0 Å². The fourth-order valence-corrected chi connectivity index (χ4v) is 2.18. The average molecular weight is 249 g/mol. The van der Waals surface area contributed by atoms with Gasteiger partial charge < -0.3 is 10.4 Å². The van der Waals surface area contributed by atoms with Gasteiger partial charge in [-0.3, -0.25) is 4.79 Å². The van der Waals surface area contributed by atoms with Crippen LogP contribution in [0.1, 0.15) is 29.2 Å². The van der Waals surface area contributed by atoms with Gasteiger partial charge in [0.05, 0.1) is 0 Å². The Morgan fingerprint density at radius 1 is 1.22 bits per heavy atom. The summed E-state index contributed by atoms with van der Waals surface area (Å²) >= 11 is 0. The van der Waals surface area contributed by atoms with E-state index in [9.17, 15) is 9.59 Å². The van der Waals surface area contributed by atoms with E-state index >= 15 is 0 Å². The van der Waals surface area contributed by atoms with Crippen molar-refractivity contribution in [2.45, 2.75) is 40.2 Å². The van der Waals surface area contributed by atoms with Crippen LogP contribution in [0.3, 0.4) is 0 Å². The van der Waals surface area contributed by atoms with E-state index < -0.39 is 12.0 Å². The monoisotopic (exact) mass is 249 g/mol. The molecular weight excluding hydrogens is 230 g/mol. The Morgan fingerprint density at radius 2 is 1.72 bits per heavy atom. The van der Waals surface area contributed by atoms with Gasteiger partial charge in [-0.2, -0.15) is 0 Å². The lowest BCUT2D eigenvalue weighted by Crippen LogP contribution is -2.41. The highest BCUT2D eigenvalue weighted by Crippen LogP contribution is 2.18. The van der Waals surface area contributed by atoms with Gasteiger partial charge in [-0.25, -0.2) is 4.79 Å². The number of carboxylic acid groups (broad SMARTS) is 1. The van der Waals surface area contributed by atoms with Crippen molar-refractivity contribution >= 4 is 11.9 Å². The standard InChI is InChI=1S/C14H19NO3/c1-8-5-9(2)12(10(3)6-8)7-13(14(17)18)15-11(4)16/h5-6,13H,7H2,1-4H3,(H,15,16)(H,17,18)/t13-/m0/s1. The Labute approximate surface area is 107 Å². The van der Waals surface area contributed by atoms with Crippen LogP contribution in [0.15, 0.2) is 12.1 Å². The molecule has 0 spiro atoms. The first-order chi connectivity index (χ1) is 8.31. The molecule has 0 bridgehead atoms. The summed E-state index contributed by atoms with van der Waals surface area (Å²) in [6.07, 6.45) is 0.312. The Morgan fingerprint density at radius 3 is 2.11 bits per heavy atom. The lowest BCUT2D eigenvalue weighted by atomic mass is 9.94. The first-order valence-electron chi connectivity index (χ1n) is 5.88. The SMILES string of the molecule is CC(=O)N[C@@H](Cc1c(C)cc(C)cc1C)C(=O)O. The molecule has 0 saturated carbocycles. The molecule has 0 radical (unpaired) electrons. The number of aliphatic carboxylic acids is 1. The van der Waals surface area contributed by atoms with Crippen molar-refractivity contribution in [2.75, 3.05) is 0 Å². The zero-order chi connectivity index (χ0) is 13.9. The lowest BCUT2D eigenvalue weighted by molar-refractivity contribution is -0.141. The summed E-state index contributed by atoms with van der Waals surface area (Å²) in [5.41, 5.74) is 4.26. The summed E-state index contributed by atoms with van der Waals surface area (Å²) in [6, 6.07) is 3.17. The molecule has 2 N–H and O–H groups in total. The van der Waals surface area contributed by atoms with E-state index in [1.807, 2.05) is 32.9 Å². The third-order valence-electron chi connectivity index (χ3n) is 2.92. The highest BCUT2D eigenvalue weighted by molar-refractivity contribution is 5.82. The molecule has 1 atom stereocenters. The average Bonchev–Trinajstić information content (AvgIpc) is 2.20. The number of nitrogens with one attached hydrogen (secondary N) is 1. The van der Waals surface area contributed by atoms with Gasteiger partial charge >= 0.3 is 5.97 Å². The Kier molecular flexibility index (Phi) is 4.48. The molecule has 98 valence electrons. The normalized spacial score (nSPS) is 12.0. The van der Waals surface area contributed by atoms with E-state index in [-0.39, 0.29) is 5.91 Å². The van der Waals surface area contributed by atoms with Gasteiger partial charge in [0.2, 0.25) is 5.91 Å². The van der Waals surface area contributed by atoms with Gasteiger partial charge in [-0.1, -0.05) is 17.7 Å². The highest BCUT2D eigenvalue weighted by Gasteiger charge is 2.20. The van der Waals surface area contributed by atoms with E-state index in [4.69, 9.17) is 5.11 Å². The number of benzene rings is 1. The van der Waals surface area contributed by atoms with Gasteiger partial charge in [0.15, 0.2) is 0 Å². The Balaban J connectivity index is 3.01. The van der Waals surface area contributed by atoms with Crippen molar-refractivity contribution < 1.29 is 14.7 Å². The molecular formula is C14H19NO3. The molecule has 4 heteroatoms. The minimum atomic E-state index is -1.01. The molecule has 4 nitrogen and oxygen atoms in total. The fraction of sp³-hybridized carbons (Fsp3) is 0.429. The van der Waals surface area contributed by atoms with Crippen LogP contribution in [0.5, 0.6) is 0 Å². The maximum absolute atomic E-state index is 11.1. The highest BCUT2D eigenvalue weighted by atomic mass is 16.4. The summed E-state index contributed by atoms with van der Waals surface area (Å²) < 4.78 is 0. The van der Waals surface area contributed by atoms with Gasteiger partial charge in [0, 0.05) is 13.3 Å². The molecule has 0 aromatic heterocycles. The van der Waals surface area contributed by atoms with Crippen LogP contribution >= 0.6 is 0 Å².